The number of hydrogen-bond acceptors (Lipinski definition) is 5. The zero-order valence-electron chi connectivity index (χ0n) is 36.8. The van der Waals surface area contributed by atoms with Crippen LogP contribution in [0.25, 0.3) is 0 Å². The van der Waals surface area contributed by atoms with Gasteiger partial charge in [-0.1, -0.05) is 140 Å². The molecule has 1 aliphatic rings. The number of allylic oxidation sites excluding steroid dienone is 8. The predicted molar refractivity (Wildman–Crippen MR) is 237 cm³/mol. The second-order valence-electron chi connectivity index (χ2n) is 16.8. The second-order valence-corrected chi connectivity index (χ2v) is 16.8. The van der Waals surface area contributed by atoms with Gasteiger partial charge in [-0.3, -0.25) is 9.59 Å². The third kappa shape index (κ3) is 34.8. The van der Waals surface area contributed by atoms with E-state index in [2.05, 4.69) is 67.4 Å². The van der Waals surface area contributed by atoms with Crippen LogP contribution in [0, 0.1) is 5.92 Å². The maximum absolute atomic E-state index is 13.1. The van der Waals surface area contributed by atoms with Crippen LogP contribution in [0.15, 0.2) is 48.6 Å². The SMILES string of the molecule is CCCCC/C=C\C/C=C\CCCCCCCCC(CCCCCCCC/C=C\C/C=C\CCCCC)OC(=O)CC1CCC(OC(=O)CCCN(C)C)C1. The summed E-state index contributed by atoms with van der Waals surface area (Å²) in [5.41, 5.74) is 0. The van der Waals surface area contributed by atoms with Gasteiger partial charge in [-0.05, 0) is 142 Å². The van der Waals surface area contributed by atoms with Crippen molar-refractivity contribution in [2.75, 3.05) is 20.6 Å². The molecular weight excluding hydrogens is 679 g/mol. The van der Waals surface area contributed by atoms with Gasteiger partial charge in [0.25, 0.3) is 0 Å². The minimum Gasteiger partial charge on any atom is -0.462 e. The molecule has 0 aliphatic heterocycles. The molecule has 1 aliphatic carbocycles. The van der Waals surface area contributed by atoms with Gasteiger partial charge in [0.1, 0.15) is 12.2 Å². The van der Waals surface area contributed by atoms with E-state index in [-0.39, 0.29) is 30.1 Å². The van der Waals surface area contributed by atoms with Crippen molar-refractivity contribution in [3.63, 3.8) is 0 Å². The van der Waals surface area contributed by atoms with Crippen LogP contribution >= 0.6 is 0 Å². The van der Waals surface area contributed by atoms with E-state index in [0.29, 0.717) is 12.8 Å². The summed E-state index contributed by atoms with van der Waals surface area (Å²) in [6, 6.07) is 0. The molecule has 1 rings (SSSR count). The summed E-state index contributed by atoms with van der Waals surface area (Å²) < 4.78 is 11.9. The highest BCUT2D eigenvalue weighted by Crippen LogP contribution is 2.31. The molecule has 0 spiro atoms. The van der Waals surface area contributed by atoms with E-state index in [9.17, 15) is 9.59 Å². The van der Waals surface area contributed by atoms with Crippen LogP contribution in [0.2, 0.25) is 0 Å². The number of nitrogens with zero attached hydrogens (tertiary/aromatic N) is 1. The van der Waals surface area contributed by atoms with Crippen LogP contribution in [0.4, 0.5) is 0 Å². The molecule has 0 aromatic heterocycles. The second kappa shape index (κ2) is 38.7. The zero-order valence-corrected chi connectivity index (χ0v) is 36.8. The van der Waals surface area contributed by atoms with Crippen LogP contribution in [0.5, 0.6) is 0 Å². The highest BCUT2D eigenvalue weighted by molar-refractivity contribution is 5.70. The molecule has 0 aromatic rings. The lowest BCUT2D eigenvalue weighted by molar-refractivity contribution is -0.151. The van der Waals surface area contributed by atoms with Gasteiger partial charge < -0.3 is 14.4 Å². The lowest BCUT2D eigenvalue weighted by Gasteiger charge is -2.19. The number of carbonyl (C=O) groups excluding carboxylic acids is 2. The third-order valence-corrected chi connectivity index (χ3v) is 11.0. The largest absolute Gasteiger partial charge is 0.462 e. The average molecular weight is 768 g/mol. The van der Waals surface area contributed by atoms with Gasteiger partial charge in [-0.2, -0.15) is 0 Å². The van der Waals surface area contributed by atoms with E-state index in [4.69, 9.17) is 9.47 Å². The molecule has 2 atom stereocenters. The maximum atomic E-state index is 13.1. The van der Waals surface area contributed by atoms with Gasteiger partial charge in [-0.15, -0.1) is 0 Å². The Balaban J connectivity index is 2.32. The van der Waals surface area contributed by atoms with E-state index in [1.54, 1.807) is 0 Å². The quantitative estimate of drug-likeness (QED) is 0.0356. The first-order valence-corrected chi connectivity index (χ1v) is 23.6. The Hall–Kier alpha value is -2.14. The highest BCUT2D eigenvalue weighted by Gasteiger charge is 2.30. The summed E-state index contributed by atoms with van der Waals surface area (Å²) in [6.45, 7) is 5.41. The lowest BCUT2D eigenvalue weighted by Crippen LogP contribution is -2.21. The van der Waals surface area contributed by atoms with E-state index < -0.39 is 0 Å². The average Bonchev–Trinajstić information content (AvgIpc) is 3.59. The van der Waals surface area contributed by atoms with Crippen molar-refractivity contribution in [2.24, 2.45) is 5.92 Å². The van der Waals surface area contributed by atoms with Crippen molar-refractivity contribution in [3.8, 4) is 0 Å². The number of unbranched alkanes of at least 4 members (excludes halogenated alkanes) is 18. The topological polar surface area (TPSA) is 55.8 Å². The van der Waals surface area contributed by atoms with Crippen molar-refractivity contribution in [1.82, 2.24) is 4.90 Å². The first kappa shape index (κ1) is 50.9. The molecule has 5 heteroatoms. The van der Waals surface area contributed by atoms with Crippen molar-refractivity contribution < 1.29 is 19.1 Å². The normalized spacial score (nSPS) is 16.3. The molecule has 0 bridgehead atoms. The fourth-order valence-electron chi connectivity index (χ4n) is 7.56. The first-order chi connectivity index (χ1) is 26.9. The molecule has 318 valence electrons. The van der Waals surface area contributed by atoms with Crippen LogP contribution < -0.4 is 0 Å². The Bertz CT molecular complexity index is 950. The number of rotatable bonds is 38. The summed E-state index contributed by atoms with van der Waals surface area (Å²) >= 11 is 0. The minimum absolute atomic E-state index is 0.0379. The van der Waals surface area contributed by atoms with E-state index in [0.717, 1.165) is 70.8 Å². The summed E-state index contributed by atoms with van der Waals surface area (Å²) in [4.78, 5) is 27.5. The molecule has 0 radical (unpaired) electrons. The molecule has 0 amide bonds. The lowest BCUT2D eigenvalue weighted by atomic mass is 10.0. The summed E-state index contributed by atoms with van der Waals surface area (Å²) in [7, 11) is 4.04. The van der Waals surface area contributed by atoms with Crippen molar-refractivity contribution in [2.45, 2.75) is 232 Å². The minimum atomic E-state index is -0.100. The predicted octanol–water partition coefficient (Wildman–Crippen LogP) is 14.7. The van der Waals surface area contributed by atoms with Crippen LogP contribution in [0.3, 0.4) is 0 Å². The molecule has 0 saturated heterocycles. The zero-order chi connectivity index (χ0) is 39.9. The molecule has 0 heterocycles. The first-order valence-electron chi connectivity index (χ1n) is 23.6. The fourth-order valence-corrected chi connectivity index (χ4v) is 7.56. The Morgan fingerprint density at radius 3 is 1.49 bits per heavy atom. The number of esters is 2. The van der Waals surface area contributed by atoms with Crippen LogP contribution in [-0.2, 0) is 19.1 Å². The van der Waals surface area contributed by atoms with Crippen molar-refractivity contribution >= 4 is 11.9 Å². The van der Waals surface area contributed by atoms with Gasteiger partial charge in [0.2, 0.25) is 0 Å². The summed E-state index contributed by atoms with van der Waals surface area (Å²) in [6.07, 6.45) is 54.8. The molecule has 55 heavy (non-hydrogen) atoms. The van der Waals surface area contributed by atoms with Crippen molar-refractivity contribution in [3.05, 3.63) is 48.6 Å². The molecule has 2 unspecified atom stereocenters. The van der Waals surface area contributed by atoms with Gasteiger partial charge in [0.15, 0.2) is 0 Å². The maximum Gasteiger partial charge on any atom is 0.306 e. The van der Waals surface area contributed by atoms with Crippen molar-refractivity contribution in [1.29, 1.82) is 0 Å². The Kier molecular flexibility index (Phi) is 35.8. The van der Waals surface area contributed by atoms with E-state index in [1.807, 2.05) is 14.1 Å². The van der Waals surface area contributed by atoms with Gasteiger partial charge >= 0.3 is 11.9 Å². The van der Waals surface area contributed by atoms with E-state index >= 15 is 0 Å². The summed E-state index contributed by atoms with van der Waals surface area (Å²) in [5, 5.41) is 0. The molecular formula is C50H89NO4. The van der Waals surface area contributed by atoms with Crippen LogP contribution in [0.1, 0.15) is 219 Å². The molecule has 1 saturated carbocycles. The van der Waals surface area contributed by atoms with Gasteiger partial charge in [0.05, 0.1) is 0 Å². The van der Waals surface area contributed by atoms with Gasteiger partial charge in [-0.25, -0.2) is 0 Å². The highest BCUT2D eigenvalue weighted by atomic mass is 16.5. The Morgan fingerprint density at radius 1 is 0.564 bits per heavy atom. The summed E-state index contributed by atoms with van der Waals surface area (Å²) in [5.74, 6) is 0.112. The number of hydrogen-bond donors (Lipinski definition) is 0. The Labute approximate surface area is 341 Å². The number of carbonyl (C=O) groups is 2. The molecule has 0 aromatic carbocycles. The van der Waals surface area contributed by atoms with E-state index in [1.165, 1.54) is 128 Å². The standard InChI is InChI=1S/C50H89NO4/c1-5-7-9-11-13-15-17-19-21-23-25-27-29-31-33-35-38-47(39-36-34-32-30-28-26-24-22-20-18-16-14-12-10-8-6-2)54-50(53)45-46-41-42-48(44-46)55-49(52)40-37-43-51(3)4/h13-16,19-22,46-48H,5-12,17-18,23-45H2,1-4H3/b15-13-,16-14-,21-19-,22-20-. The Morgan fingerprint density at radius 2 is 1.02 bits per heavy atom. The smallest absolute Gasteiger partial charge is 0.306 e. The van der Waals surface area contributed by atoms with Gasteiger partial charge in [0, 0.05) is 12.8 Å². The molecule has 5 nitrogen and oxygen atoms in total. The number of ether oxygens (including phenoxy) is 2. The molecule has 0 N–H and O–H groups in total. The van der Waals surface area contributed by atoms with Crippen LogP contribution in [-0.4, -0.2) is 49.7 Å². The monoisotopic (exact) mass is 768 g/mol. The molecule has 1 fully saturated rings. The fraction of sp³-hybridized carbons (Fsp3) is 0.800. The third-order valence-electron chi connectivity index (χ3n) is 11.0.